The van der Waals surface area contributed by atoms with E-state index in [1.54, 1.807) is 0 Å². The highest BCUT2D eigenvalue weighted by molar-refractivity contribution is 7.66. The molecule has 0 amide bonds. The van der Waals surface area contributed by atoms with Crippen LogP contribution in [0.4, 0.5) is 4.39 Å². The summed E-state index contributed by atoms with van der Waals surface area (Å²) in [6.45, 7) is 0. The van der Waals surface area contributed by atoms with Crippen LogP contribution in [-0.4, -0.2) is 14.0 Å². The Bertz CT molecular complexity index is 10.0. The van der Waals surface area contributed by atoms with E-state index in [2.05, 4.69) is 7.57 Å². The SMILES string of the molecule is [B]PCF. The van der Waals surface area contributed by atoms with Crippen molar-refractivity contribution in [3.63, 3.8) is 0 Å². The van der Waals surface area contributed by atoms with Crippen molar-refractivity contribution in [2.75, 3.05) is 6.42 Å². The van der Waals surface area contributed by atoms with Gasteiger partial charge < -0.3 is 0 Å². The van der Waals surface area contributed by atoms with Gasteiger partial charge in [0.2, 0.25) is 0 Å². The Kier molecular flexibility index (Phi) is 3.79. The van der Waals surface area contributed by atoms with Crippen LogP contribution >= 0.6 is 8.46 Å². The Morgan fingerprint density at radius 1 is 2.00 bits per heavy atom. The minimum absolute atomic E-state index is 0.0262. The lowest BCUT2D eigenvalue weighted by molar-refractivity contribution is 0.604. The molecule has 22 valence electrons. The molecule has 0 heterocycles. The highest BCUT2D eigenvalue weighted by Gasteiger charge is 1.59. The fraction of sp³-hybridized carbons (Fsp3) is 1.00. The summed E-state index contributed by atoms with van der Waals surface area (Å²) in [5.74, 6) is 0. The van der Waals surface area contributed by atoms with Gasteiger partial charge in [-0.25, -0.2) is 4.39 Å². The fourth-order valence-electron chi connectivity index (χ4n) is 0. The van der Waals surface area contributed by atoms with Gasteiger partial charge in [-0.2, -0.15) is 0 Å². The van der Waals surface area contributed by atoms with E-state index in [0.717, 1.165) is 0 Å². The molecule has 0 bridgehead atoms. The molecule has 0 aromatic carbocycles. The number of halogens is 1. The lowest BCUT2D eigenvalue weighted by Crippen LogP contribution is -1.46. The Labute approximate surface area is 27.9 Å². The summed E-state index contributed by atoms with van der Waals surface area (Å²) in [5, 5.41) is 0. The molecular formula is CH3BFP. The quantitative estimate of drug-likeness (QED) is 0.318. The normalized spacial score (nSPS) is 10.2. The van der Waals surface area contributed by atoms with Gasteiger partial charge in [0.05, 0.1) is 6.42 Å². The van der Waals surface area contributed by atoms with Crippen LogP contribution in [0.15, 0.2) is 0 Å². The van der Waals surface area contributed by atoms with Gasteiger partial charge in [-0.15, -0.1) is 8.46 Å². The monoisotopic (exact) mass is 76.0 g/mol. The number of rotatable bonds is 1. The van der Waals surface area contributed by atoms with Gasteiger partial charge in [0.1, 0.15) is 7.57 Å². The average Bonchev–Trinajstić information content (AvgIpc) is 1.37. The van der Waals surface area contributed by atoms with Crippen molar-refractivity contribution in [2.45, 2.75) is 0 Å². The molecule has 0 spiro atoms. The van der Waals surface area contributed by atoms with Crippen molar-refractivity contribution in [3.8, 4) is 0 Å². The van der Waals surface area contributed by atoms with Crippen molar-refractivity contribution in [1.29, 1.82) is 0 Å². The first-order chi connectivity index (χ1) is 1.91. The molecule has 0 aliphatic rings. The van der Waals surface area contributed by atoms with Crippen molar-refractivity contribution >= 4 is 16.0 Å². The average molecular weight is 75.8 g/mol. The molecule has 0 rings (SSSR count). The number of hydrogen-bond acceptors (Lipinski definition) is 0. The predicted octanol–water partition coefficient (Wildman–Crippen LogP) is 0.675. The van der Waals surface area contributed by atoms with E-state index >= 15 is 0 Å². The third kappa shape index (κ3) is 2.42. The summed E-state index contributed by atoms with van der Waals surface area (Å²) in [7, 11) is 4.65. The molecule has 0 aliphatic carbocycles. The van der Waals surface area contributed by atoms with Gasteiger partial charge in [0.15, 0.2) is 0 Å². The van der Waals surface area contributed by atoms with E-state index in [0.29, 0.717) is 0 Å². The summed E-state index contributed by atoms with van der Waals surface area (Å²) < 4.78 is 10.6. The molecule has 0 nitrogen and oxygen atoms in total. The van der Waals surface area contributed by atoms with Crippen LogP contribution in [0.1, 0.15) is 0 Å². The first-order valence-corrected chi connectivity index (χ1v) is 2.19. The van der Waals surface area contributed by atoms with Crippen LogP contribution in [0.25, 0.3) is 0 Å². The van der Waals surface area contributed by atoms with Gasteiger partial charge in [0.25, 0.3) is 0 Å². The number of hydrogen-bond donors (Lipinski definition) is 0. The summed E-state index contributed by atoms with van der Waals surface area (Å²) in [5.41, 5.74) is 0. The smallest absolute Gasteiger partial charge is 0.108 e. The summed E-state index contributed by atoms with van der Waals surface area (Å²) in [4.78, 5) is 0. The van der Waals surface area contributed by atoms with Crippen LogP contribution in [-0.2, 0) is 0 Å². The van der Waals surface area contributed by atoms with Crippen LogP contribution in [0.3, 0.4) is 0 Å². The van der Waals surface area contributed by atoms with E-state index < -0.39 is 0 Å². The van der Waals surface area contributed by atoms with Crippen LogP contribution in [0.2, 0.25) is 0 Å². The highest BCUT2D eigenvalue weighted by atomic mass is 31.1. The second-order valence-corrected chi connectivity index (χ2v) is 1.01. The zero-order valence-corrected chi connectivity index (χ0v) is 3.16. The van der Waals surface area contributed by atoms with Crippen molar-refractivity contribution in [1.82, 2.24) is 0 Å². The molecule has 0 aromatic rings. The minimum atomic E-state index is -0.375. The molecule has 0 saturated carbocycles. The van der Waals surface area contributed by atoms with E-state index in [4.69, 9.17) is 0 Å². The zero-order chi connectivity index (χ0) is 3.41. The fourth-order valence-corrected chi connectivity index (χ4v) is 0. The summed E-state index contributed by atoms with van der Waals surface area (Å²) >= 11 is 0. The maximum Gasteiger partial charge on any atom is 0.108 e. The molecular weight excluding hydrogens is 72.8 g/mol. The topological polar surface area (TPSA) is 0 Å². The van der Waals surface area contributed by atoms with E-state index in [1.165, 1.54) is 0 Å². The van der Waals surface area contributed by atoms with Crippen LogP contribution < -0.4 is 0 Å². The van der Waals surface area contributed by atoms with Gasteiger partial charge >= 0.3 is 0 Å². The molecule has 4 heavy (non-hydrogen) atoms. The number of alkyl halides is 1. The molecule has 1 unspecified atom stereocenters. The van der Waals surface area contributed by atoms with E-state index in [-0.39, 0.29) is 14.9 Å². The molecule has 0 saturated heterocycles. The van der Waals surface area contributed by atoms with Crippen molar-refractivity contribution in [3.05, 3.63) is 0 Å². The first kappa shape index (κ1) is 4.42. The summed E-state index contributed by atoms with van der Waals surface area (Å²) in [6, 6.07) is 0. The van der Waals surface area contributed by atoms with E-state index in [1.807, 2.05) is 0 Å². The lowest BCUT2D eigenvalue weighted by atomic mass is 10.8. The van der Waals surface area contributed by atoms with Crippen LogP contribution in [0.5, 0.6) is 0 Å². The maximum absolute atomic E-state index is 10.6. The van der Waals surface area contributed by atoms with Gasteiger partial charge in [-0.05, 0) is 0 Å². The van der Waals surface area contributed by atoms with Gasteiger partial charge in [-0.1, -0.05) is 0 Å². The standard InChI is InChI=1S/CH3BFP/c2-4-1-3/h4H,1H2. The third-order valence-electron chi connectivity index (χ3n) is 0.0772. The maximum atomic E-state index is 10.6. The molecule has 1 atom stereocenters. The van der Waals surface area contributed by atoms with E-state index in [9.17, 15) is 4.39 Å². The lowest BCUT2D eigenvalue weighted by Gasteiger charge is -1.66. The van der Waals surface area contributed by atoms with Crippen molar-refractivity contribution < 1.29 is 4.39 Å². The Morgan fingerprint density at radius 3 is 2.25 bits per heavy atom. The highest BCUT2D eigenvalue weighted by Crippen LogP contribution is 1.95. The minimum Gasteiger partial charge on any atom is -0.247 e. The molecule has 0 aliphatic heterocycles. The third-order valence-corrected chi connectivity index (χ3v) is 0.231. The Hall–Kier alpha value is 0.425. The largest absolute Gasteiger partial charge is 0.247 e. The van der Waals surface area contributed by atoms with Gasteiger partial charge in [-0.3, -0.25) is 0 Å². The summed E-state index contributed by atoms with van der Waals surface area (Å²) in [6.07, 6.45) is -0.375. The van der Waals surface area contributed by atoms with Crippen LogP contribution in [0, 0.1) is 0 Å². The molecule has 2 radical (unpaired) electrons. The van der Waals surface area contributed by atoms with Crippen molar-refractivity contribution in [2.24, 2.45) is 0 Å². The van der Waals surface area contributed by atoms with Gasteiger partial charge in [0, 0.05) is 0 Å². The molecule has 3 heteroatoms. The second-order valence-electron chi connectivity index (χ2n) is 0.338. The zero-order valence-electron chi connectivity index (χ0n) is 2.16. The molecule has 0 aromatic heterocycles. The Morgan fingerprint density at radius 2 is 2.25 bits per heavy atom. The second kappa shape index (κ2) is 3.42. The Balaban J connectivity index is 1.97. The first-order valence-electron chi connectivity index (χ1n) is 0.909. The molecule has 0 fully saturated rings. The molecule has 0 N–H and O–H groups in total. The predicted molar refractivity (Wildman–Crippen MR) is 20.0 cm³/mol.